The number of benzene rings is 1. The lowest BCUT2D eigenvalue weighted by molar-refractivity contribution is -0.254. The van der Waals surface area contributed by atoms with Crippen molar-refractivity contribution in [2.24, 2.45) is 0 Å². The minimum Gasteiger partial charge on any atom is -0.530 e. The number of hydrogen-bond acceptors (Lipinski definition) is 7. The molecule has 31 heavy (non-hydrogen) atoms. The molecule has 0 aliphatic carbocycles. The number of amides is 1. The van der Waals surface area contributed by atoms with Crippen LogP contribution in [-0.2, 0) is 5.41 Å². The molecule has 3 rings (SSSR count). The molecule has 1 aromatic heterocycles. The smallest absolute Gasteiger partial charge is 0.434 e. The summed E-state index contributed by atoms with van der Waals surface area (Å²) in [5.41, 5.74) is -3.18. The maximum atomic E-state index is 13.4. The third-order valence-electron chi connectivity index (χ3n) is 5.23. The third-order valence-corrected chi connectivity index (χ3v) is 5.23. The van der Waals surface area contributed by atoms with Gasteiger partial charge in [0, 0.05) is 11.1 Å². The summed E-state index contributed by atoms with van der Waals surface area (Å²) in [6.45, 7) is 5.47. The first-order valence-electron chi connectivity index (χ1n) is 9.41. The van der Waals surface area contributed by atoms with E-state index in [4.69, 9.17) is 9.15 Å². The standard InChI is InChI=1S/C19H23F3N4O5/c1-17(2,14-24-25-15(27)31-14)8-11-9-23-12-7-10(5-6-13(12)30-11)26(16(28)29)18(3,4)19(20,21)22/h5-7,11,23H,8-9H2,1-4H3,(H,25,27)(H,28,29)/p-1/t11-/m0/s1. The quantitative estimate of drug-likeness (QED) is 0.727. The number of aromatic nitrogens is 2. The Hall–Kier alpha value is -3.18. The Kier molecular flexibility index (Phi) is 5.45. The minimum absolute atomic E-state index is 0.170. The van der Waals surface area contributed by atoms with Crippen LogP contribution in [0.2, 0.25) is 0 Å². The van der Waals surface area contributed by atoms with Crippen molar-refractivity contribution in [3.63, 3.8) is 0 Å². The molecule has 1 aromatic carbocycles. The summed E-state index contributed by atoms with van der Waals surface area (Å²) in [6, 6.07) is 3.89. The average Bonchev–Trinajstić information content (AvgIpc) is 3.07. The molecule has 1 aliphatic rings. The lowest BCUT2D eigenvalue weighted by atomic mass is 9.86. The van der Waals surface area contributed by atoms with Crippen molar-refractivity contribution in [1.29, 1.82) is 0 Å². The molecule has 2 aromatic rings. The molecular weight excluding hydrogens is 421 g/mol. The molecule has 2 heterocycles. The lowest BCUT2D eigenvalue weighted by Gasteiger charge is -2.42. The number of ether oxygens (including phenoxy) is 1. The van der Waals surface area contributed by atoms with Crippen molar-refractivity contribution in [2.75, 3.05) is 16.8 Å². The molecule has 1 aliphatic heterocycles. The van der Waals surface area contributed by atoms with Crippen molar-refractivity contribution < 1.29 is 32.2 Å². The highest BCUT2D eigenvalue weighted by atomic mass is 19.4. The van der Waals surface area contributed by atoms with Gasteiger partial charge in [0.2, 0.25) is 5.89 Å². The number of hydrogen-bond donors (Lipinski definition) is 2. The number of fused-ring (bicyclic) bond motifs is 1. The van der Waals surface area contributed by atoms with Crippen molar-refractivity contribution >= 4 is 17.5 Å². The average molecular weight is 443 g/mol. The van der Waals surface area contributed by atoms with E-state index in [9.17, 15) is 27.9 Å². The number of halogens is 3. The molecule has 0 saturated heterocycles. The van der Waals surface area contributed by atoms with Gasteiger partial charge in [-0.15, -0.1) is 5.10 Å². The van der Waals surface area contributed by atoms with E-state index in [1.54, 1.807) is 0 Å². The van der Waals surface area contributed by atoms with Gasteiger partial charge in [0.1, 0.15) is 23.5 Å². The van der Waals surface area contributed by atoms with Crippen LogP contribution in [0.25, 0.3) is 0 Å². The summed E-state index contributed by atoms with van der Waals surface area (Å²) in [4.78, 5) is 22.9. The van der Waals surface area contributed by atoms with Crippen LogP contribution < -0.4 is 25.8 Å². The largest absolute Gasteiger partial charge is 0.530 e. The van der Waals surface area contributed by atoms with E-state index in [1.807, 2.05) is 13.8 Å². The first-order chi connectivity index (χ1) is 14.2. The van der Waals surface area contributed by atoms with Gasteiger partial charge in [-0.25, -0.2) is 9.89 Å². The first kappa shape index (κ1) is 22.5. The highest BCUT2D eigenvalue weighted by molar-refractivity contribution is 5.88. The number of nitrogens with one attached hydrogen (secondary N) is 2. The summed E-state index contributed by atoms with van der Waals surface area (Å²) in [5.74, 6) is -0.0912. The molecule has 1 amide bonds. The Balaban J connectivity index is 1.82. The van der Waals surface area contributed by atoms with Crippen molar-refractivity contribution in [1.82, 2.24) is 10.2 Å². The second-order valence-electron chi connectivity index (χ2n) is 8.47. The van der Waals surface area contributed by atoms with Gasteiger partial charge in [-0.05, 0) is 38.5 Å². The Morgan fingerprint density at radius 3 is 2.52 bits per heavy atom. The van der Waals surface area contributed by atoms with Crippen LogP contribution in [0.15, 0.2) is 27.4 Å². The van der Waals surface area contributed by atoms with Crippen LogP contribution in [0.5, 0.6) is 5.75 Å². The molecule has 0 fully saturated rings. The van der Waals surface area contributed by atoms with Gasteiger partial charge in [-0.2, -0.15) is 13.2 Å². The van der Waals surface area contributed by atoms with Gasteiger partial charge in [0.25, 0.3) is 0 Å². The van der Waals surface area contributed by atoms with Gasteiger partial charge in [-0.3, -0.25) is 0 Å². The number of carboxylic acid groups (broad SMARTS) is 1. The number of anilines is 2. The van der Waals surface area contributed by atoms with Gasteiger partial charge in [0.15, 0.2) is 0 Å². The van der Waals surface area contributed by atoms with Gasteiger partial charge < -0.3 is 29.3 Å². The molecule has 12 heteroatoms. The highest BCUT2D eigenvalue weighted by Crippen LogP contribution is 2.41. The molecule has 0 unspecified atom stereocenters. The lowest BCUT2D eigenvalue weighted by Crippen LogP contribution is -2.60. The number of nitrogens with zero attached hydrogens (tertiary/aromatic N) is 2. The Labute approximate surface area is 175 Å². The molecule has 0 bridgehead atoms. The van der Waals surface area contributed by atoms with Gasteiger partial charge in [0.05, 0.1) is 12.2 Å². The van der Waals surface area contributed by atoms with Crippen LogP contribution in [0.1, 0.15) is 40.0 Å². The number of carbonyl (C=O) groups excluding carboxylic acids is 1. The molecule has 0 radical (unpaired) electrons. The maximum absolute atomic E-state index is 13.4. The fourth-order valence-electron chi connectivity index (χ4n) is 3.42. The number of carbonyl (C=O) groups is 1. The predicted molar refractivity (Wildman–Crippen MR) is 102 cm³/mol. The van der Waals surface area contributed by atoms with E-state index >= 15 is 0 Å². The van der Waals surface area contributed by atoms with Crippen LogP contribution in [0, 0.1) is 0 Å². The fraction of sp³-hybridized carbons (Fsp3) is 0.526. The number of H-pyrrole nitrogens is 1. The number of rotatable bonds is 5. The van der Waals surface area contributed by atoms with E-state index in [-0.39, 0.29) is 22.6 Å². The third kappa shape index (κ3) is 4.32. The second-order valence-corrected chi connectivity index (χ2v) is 8.47. The number of alkyl halides is 3. The van der Waals surface area contributed by atoms with Gasteiger partial charge in [-0.1, -0.05) is 13.8 Å². The van der Waals surface area contributed by atoms with Crippen LogP contribution in [-0.4, -0.2) is 40.7 Å². The van der Waals surface area contributed by atoms with E-state index in [0.717, 1.165) is 13.8 Å². The Morgan fingerprint density at radius 2 is 1.97 bits per heavy atom. The zero-order valence-corrected chi connectivity index (χ0v) is 17.3. The molecule has 1 atom stereocenters. The van der Waals surface area contributed by atoms with Crippen molar-refractivity contribution in [3.8, 4) is 5.75 Å². The first-order valence-corrected chi connectivity index (χ1v) is 9.41. The van der Waals surface area contributed by atoms with E-state index in [0.29, 0.717) is 24.4 Å². The molecule has 0 spiro atoms. The monoisotopic (exact) mass is 443 g/mol. The van der Waals surface area contributed by atoms with Crippen LogP contribution in [0.4, 0.5) is 29.3 Å². The Morgan fingerprint density at radius 1 is 1.29 bits per heavy atom. The second kappa shape index (κ2) is 7.50. The molecule has 0 saturated carbocycles. The van der Waals surface area contributed by atoms with Crippen molar-refractivity contribution in [2.45, 2.75) is 57.3 Å². The normalized spacial score (nSPS) is 16.8. The zero-order chi connectivity index (χ0) is 23.2. The molecule has 9 nitrogen and oxygen atoms in total. The van der Waals surface area contributed by atoms with Crippen LogP contribution >= 0.6 is 0 Å². The summed E-state index contributed by atoms with van der Waals surface area (Å²) < 4.78 is 51.2. The summed E-state index contributed by atoms with van der Waals surface area (Å²) in [5, 5.41) is 20.6. The van der Waals surface area contributed by atoms with E-state index in [1.165, 1.54) is 18.2 Å². The Bertz CT molecular complexity index is 1030. The maximum Gasteiger partial charge on any atom is 0.434 e. The topological polar surface area (TPSA) is 124 Å². The van der Waals surface area contributed by atoms with Crippen molar-refractivity contribution in [3.05, 3.63) is 34.6 Å². The number of aromatic amines is 1. The highest BCUT2D eigenvalue weighted by Gasteiger charge is 2.52. The molecule has 2 N–H and O–H groups in total. The van der Waals surface area contributed by atoms with Crippen LogP contribution in [0.3, 0.4) is 0 Å². The predicted octanol–water partition coefficient (Wildman–Crippen LogP) is 2.39. The SMILES string of the molecule is CC(C)(C[C@H]1CNc2cc(N(C(=O)[O-])C(C)(C)C(F)(F)F)ccc2O1)c1n[nH]c(=O)o1. The summed E-state index contributed by atoms with van der Waals surface area (Å²) >= 11 is 0. The summed E-state index contributed by atoms with van der Waals surface area (Å²) in [7, 11) is 0. The summed E-state index contributed by atoms with van der Waals surface area (Å²) in [6.07, 6.45) is -6.73. The zero-order valence-electron chi connectivity index (χ0n) is 17.3. The van der Waals surface area contributed by atoms with Gasteiger partial charge >= 0.3 is 11.9 Å². The fourth-order valence-corrected chi connectivity index (χ4v) is 3.42. The molecule has 170 valence electrons. The molecular formula is C19H22F3N4O5-. The van der Waals surface area contributed by atoms with E-state index < -0.39 is 29.0 Å². The van der Waals surface area contributed by atoms with E-state index in [2.05, 4.69) is 15.5 Å². The minimum atomic E-state index is -4.81.